The van der Waals surface area contributed by atoms with Crippen LogP contribution in [0, 0.1) is 0 Å². The van der Waals surface area contributed by atoms with Crippen LogP contribution in [-0.2, 0) is 26.2 Å². The van der Waals surface area contributed by atoms with Crippen molar-refractivity contribution < 1.29 is 0 Å². The highest BCUT2D eigenvalue weighted by Crippen LogP contribution is 2.32. The molecule has 2 aromatic heterocycles. The van der Waals surface area contributed by atoms with Crippen LogP contribution in [0.1, 0.15) is 36.6 Å². The van der Waals surface area contributed by atoms with E-state index >= 15 is 0 Å². The Balaban J connectivity index is 1.45. The van der Waals surface area contributed by atoms with Gasteiger partial charge in [0.25, 0.3) is 0 Å². The molecule has 0 bridgehead atoms. The summed E-state index contributed by atoms with van der Waals surface area (Å²) >= 11 is 0. The van der Waals surface area contributed by atoms with E-state index in [0.717, 1.165) is 67.2 Å². The molecular formula is C37H36N4. The fourth-order valence-electron chi connectivity index (χ4n) is 5.52. The highest BCUT2D eigenvalue weighted by atomic mass is 15.2. The number of fused-ring (bicyclic) bond motifs is 1. The van der Waals surface area contributed by atoms with Gasteiger partial charge in [0.1, 0.15) is 5.82 Å². The van der Waals surface area contributed by atoms with Crippen molar-refractivity contribution in [2.75, 3.05) is 0 Å². The van der Waals surface area contributed by atoms with Gasteiger partial charge in [-0.1, -0.05) is 123 Å². The van der Waals surface area contributed by atoms with Crippen molar-refractivity contribution in [3.63, 3.8) is 0 Å². The summed E-state index contributed by atoms with van der Waals surface area (Å²) in [6.45, 7) is 5.59. The van der Waals surface area contributed by atoms with Crippen molar-refractivity contribution >= 4 is 10.9 Å². The molecule has 4 aromatic carbocycles. The molecule has 6 rings (SSSR count). The number of aromatic nitrogens is 3. The van der Waals surface area contributed by atoms with Gasteiger partial charge in [-0.3, -0.25) is 9.88 Å². The van der Waals surface area contributed by atoms with E-state index in [2.05, 4.69) is 132 Å². The van der Waals surface area contributed by atoms with Crippen LogP contribution in [0.5, 0.6) is 0 Å². The molecule has 0 fully saturated rings. The first-order chi connectivity index (χ1) is 20.3. The fraction of sp³-hybridized carbons (Fsp3) is 0.189. The minimum Gasteiger partial charge on any atom is -0.326 e. The van der Waals surface area contributed by atoms with Crippen LogP contribution in [0.25, 0.3) is 33.5 Å². The average Bonchev–Trinajstić information content (AvgIpc) is 3.39. The molecule has 0 atom stereocenters. The van der Waals surface area contributed by atoms with Gasteiger partial charge >= 0.3 is 0 Å². The maximum Gasteiger partial charge on any atom is 0.140 e. The first-order valence-electron chi connectivity index (χ1n) is 14.6. The van der Waals surface area contributed by atoms with Crippen molar-refractivity contribution in [2.45, 2.75) is 45.9 Å². The van der Waals surface area contributed by atoms with Gasteiger partial charge in [0.05, 0.1) is 16.9 Å². The molecule has 0 N–H and O–H groups in total. The van der Waals surface area contributed by atoms with Crippen molar-refractivity contribution in [1.82, 2.24) is 19.4 Å². The fourth-order valence-corrected chi connectivity index (χ4v) is 5.52. The summed E-state index contributed by atoms with van der Waals surface area (Å²) in [6.07, 6.45) is 4.26. The van der Waals surface area contributed by atoms with Crippen LogP contribution in [0.3, 0.4) is 0 Å². The number of unbranched alkanes of at least 4 members (excludes halogenated alkanes) is 1. The summed E-state index contributed by atoms with van der Waals surface area (Å²) < 4.78 is 2.47. The van der Waals surface area contributed by atoms with Gasteiger partial charge in [0, 0.05) is 48.9 Å². The summed E-state index contributed by atoms with van der Waals surface area (Å²) in [5.41, 5.74) is 8.17. The molecule has 0 spiro atoms. The predicted octanol–water partition coefficient (Wildman–Crippen LogP) is 8.77. The molecule has 4 heteroatoms. The van der Waals surface area contributed by atoms with Crippen LogP contribution < -0.4 is 0 Å². The first kappa shape index (κ1) is 26.7. The number of hydrogen-bond acceptors (Lipinski definition) is 3. The van der Waals surface area contributed by atoms with E-state index in [1.807, 2.05) is 12.3 Å². The molecular weight excluding hydrogens is 500 g/mol. The molecule has 0 radical (unpaired) electrons. The topological polar surface area (TPSA) is 34.0 Å². The van der Waals surface area contributed by atoms with Crippen LogP contribution in [0.15, 0.2) is 128 Å². The van der Waals surface area contributed by atoms with Crippen LogP contribution in [0.2, 0.25) is 0 Å². The molecule has 0 aliphatic heterocycles. The Labute approximate surface area is 243 Å². The third-order valence-corrected chi connectivity index (χ3v) is 7.56. The van der Waals surface area contributed by atoms with Crippen LogP contribution in [0.4, 0.5) is 0 Å². The Kier molecular flexibility index (Phi) is 8.30. The lowest BCUT2D eigenvalue weighted by atomic mass is 10.1. The van der Waals surface area contributed by atoms with E-state index in [4.69, 9.17) is 9.97 Å². The number of hydrogen-bond donors (Lipinski definition) is 0. The first-order valence-corrected chi connectivity index (χ1v) is 14.6. The maximum absolute atomic E-state index is 5.34. The molecule has 2 heterocycles. The number of benzene rings is 4. The van der Waals surface area contributed by atoms with Gasteiger partial charge in [0.15, 0.2) is 0 Å². The largest absolute Gasteiger partial charge is 0.326 e. The molecule has 0 amide bonds. The van der Waals surface area contributed by atoms with Gasteiger partial charge in [-0.25, -0.2) is 4.98 Å². The summed E-state index contributed by atoms with van der Waals surface area (Å²) in [4.78, 5) is 12.6. The van der Waals surface area contributed by atoms with Crippen molar-refractivity contribution in [3.05, 3.63) is 144 Å². The Morgan fingerprint density at radius 2 is 1.29 bits per heavy atom. The summed E-state index contributed by atoms with van der Waals surface area (Å²) in [7, 11) is 0. The number of pyridine rings is 1. The lowest BCUT2D eigenvalue weighted by molar-refractivity contribution is 0.241. The second kappa shape index (κ2) is 12.8. The Bertz CT molecular complexity index is 1690. The highest BCUT2D eigenvalue weighted by molar-refractivity contribution is 5.78. The van der Waals surface area contributed by atoms with Crippen molar-refractivity contribution in [3.8, 4) is 22.6 Å². The van der Waals surface area contributed by atoms with Gasteiger partial charge in [-0.2, -0.15) is 0 Å². The third kappa shape index (κ3) is 6.29. The van der Waals surface area contributed by atoms with E-state index in [-0.39, 0.29) is 0 Å². The number of rotatable bonds is 11. The van der Waals surface area contributed by atoms with Gasteiger partial charge in [-0.05, 0) is 29.7 Å². The minimum absolute atomic E-state index is 0.773. The zero-order valence-electron chi connectivity index (χ0n) is 23.7. The third-order valence-electron chi connectivity index (χ3n) is 7.56. The zero-order valence-corrected chi connectivity index (χ0v) is 23.7. The SMILES string of the molecule is CCCCn1c(-c2ccccc2)nc(-c2ccccc2)c1CN(Cc1ccccc1)Cc1cnc2ccccc2c1. The van der Waals surface area contributed by atoms with Gasteiger partial charge in [-0.15, -0.1) is 0 Å². The highest BCUT2D eigenvalue weighted by Gasteiger charge is 2.22. The lowest BCUT2D eigenvalue weighted by Crippen LogP contribution is -2.24. The Morgan fingerprint density at radius 1 is 0.659 bits per heavy atom. The smallest absolute Gasteiger partial charge is 0.140 e. The standard InChI is InChI=1S/C37H36N4/c1-2-3-23-41-35(36(31-17-9-5-10-18-31)39-37(41)32-19-11-6-12-20-32)28-40(26-29-15-7-4-8-16-29)27-30-24-33-21-13-14-22-34(33)38-25-30/h4-22,24-25H,2-3,23,26-28H2,1H3. The number of imidazole rings is 1. The number of nitrogens with zero attached hydrogens (tertiary/aromatic N) is 4. The Hall–Kier alpha value is -4.54. The van der Waals surface area contributed by atoms with Crippen molar-refractivity contribution in [2.24, 2.45) is 0 Å². The molecule has 4 nitrogen and oxygen atoms in total. The molecule has 204 valence electrons. The van der Waals surface area contributed by atoms with Gasteiger partial charge in [0.2, 0.25) is 0 Å². The quantitative estimate of drug-likeness (QED) is 0.166. The normalized spacial score (nSPS) is 11.4. The molecule has 0 aliphatic carbocycles. The van der Waals surface area contributed by atoms with E-state index in [1.165, 1.54) is 22.2 Å². The number of para-hydroxylation sites is 1. The van der Waals surface area contributed by atoms with E-state index < -0.39 is 0 Å². The average molecular weight is 537 g/mol. The molecule has 0 aliphatic rings. The zero-order chi connectivity index (χ0) is 27.9. The second-order valence-electron chi connectivity index (χ2n) is 10.6. The maximum atomic E-state index is 5.34. The second-order valence-corrected chi connectivity index (χ2v) is 10.6. The molecule has 0 saturated carbocycles. The molecule has 6 aromatic rings. The Morgan fingerprint density at radius 3 is 2.02 bits per heavy atom. The minimum atomic E-state index is 0.773. The lowest BCUT2D eigenvalue weighted by Gasteiger charge is -2.24. The summed E-state index contributed by atoms with van der Waals surface area (Å²) in [5.74, 6) is 1.04. The predicted molar refractivity (Wildman–Crippen MR) is 169 cm³/mol. The van der Waals surface area contributed by atoms with Gasteiger partial charge < -0.3 is 4.57 Å². The van der Waals surface area contributed by atoms with Crippen LogP contribution >= 0.6 is 0 Å². The summed E-state index contributed by atoms with van der Waals surface area (Å²) in [5, 5.41) is 1.17. The molecule has 0 saturated heterocycles. The van der Waals surface area contributed by atoms with E-state index in [9.17, 15) is 0 Å². The van der Waals surface area contributed by atoms with E-state index in [0.29, 0.717) is 0 Å². The molecule has 41 heavy (non-hydrogen) atoms. The van der Waals surface area contributed by atoms with Crippen LogP contribution in [-0.4, -0.2) is 19.4 Å². The van der Waals surface area contributed by atoms with Crippen molar-refractivity contribution in [1.29, 1.82) is 0 Å². The molecule has 0 unspecified atom stereocenters. The monoisotopic (exact) mass is 536 g/mol. The van der Waals surface area contributed by atoms with E-state index in [1.54, 1.807) is 0 Å². The summed E-state index contributed by atoms with van der Waals surface area (Å²) in [6, 6.07) is 42.7.